The van der Waals surface area contributed by atoms with Gasteiger partial charge in [0.25, 0.3) is 0 Å². The van der Waals surface area contributed by atoms with Crippen molar-refractivity contribution in [2.24, 2.45) is 12.0 Å². The van der Waals surface area contributed by atoms with E-state index in [4.69, 9.17) is 9.47 Å². The number of hydrogen-bond acceptors (Lipinski definition) is 4. The van der Waals surface area contributed by atoms with Crippen LogP contribution >= 0.6 is 0 Å². The third kappa shape index (κ3) is 5.30. The summed E-state index contributed by atoms with van der Waals surface area (Å²) in [7, 11) is 1.97. The number of fused-ring (bicyclic) bond motifs is 1. The molecule has 2 aromatic rings. The number of rotatable bonds is 7. The maximum absolute atomic E-state index is 13.9. The number of nitrogens with one attached hydrogen (secondary N) is 2. The molecule has 8 heteroatoms. The van der Waals surface area contributed by atoms with Gasteiger partial charge in [-0.3, -0.25) is 9.67 Å². The number of hydrogen-bond donors (Lipinski definition) is 2. The Labute approximate surface area is 177 Å². The second kappa shape index (κ2) is 9.93. The molecule has 0 saturated carbocycles. The number of guanidine groups is 1. The van der Waals surface area contributed by atoms with E-state index in [1.807, 2.05) is 25.6 Å². The largest absolute Gasteiger partial charge is 0.467 e. The van der Waals surface area contributed by atoms with Crippen molar-refractivity contribution in [1.29, 1.82) is 0 Å². The van der Waals surface area contributed by atoms with Crippen molar-refractivity contribution in [2.45, 2.75) is 53.2 Å². The Morgan fingerprint density at radius 2 is 2.17 bits per heavy atom. The summed E-state index contributed by atoms with van der Waals surface area (Å²) in [6, 6.07) is 3.18. The summed E-state index contributed by atoms with van der Waals surface area (Å²) in [6.45, 7) is 10.2. The number of halogens is 1. The van der Waals surface area contributed by atoms with Crippen LogP contribution in [0.15, 0.2) is 17.1 Å². The van der Waals surface area contributed by atoms with E-state index in [1.165, 1.54) is 23.4 Å². The average Bonchev–Trinajstić information content (AvgIpc) is 2.94. The molecule has 0 saturated heterocycles. The van der Waals surface area contributed by atoms with E-state index in [0.29, 0.717) is 19.6 Å². The first-order chi connectivity index (χ1) is 14.4. The van der Waals surface area contributed by atoms with E-state index in [0.717, 1.165) is 41.5 Å². The number of ether oxygens (including phenoxy) is 2. The molecule has 7 nitrogen and oxygen atoms in total. The molecule has 0 amide bonds. The number of aliphatic imine (C=N–C) groups is 1. The van der Waals surface area contributed by atoms with E-state index in [2.05, 4.69) is 34.6 Å². The van der Waals surface area contributed by atoms with E-state index < -0.39 is 0 Å². The molecular weight excluding hydrogens is 385 g/mol. The molecule has 0 aliphatic carbocycles. The number of aromatic nitrogens is 2. The van der Waals surface area contributed by atoms with Crippen molar-refractivity contribution in [1.82, 2.24) is 20.4 Å². The highest BCUT2D eigenvalue weighted by Gasteiger charge is 2.17. The predicted octanol–water partition coefficient (Wildman–Crippen LogP) is 2.77. The highest BCUT2D eigenvalue weighted by molar-refractivity contribution is 5.80. The average molecular weight is 418 g/mol. The SMILES string of the molecule is CCNC(=NCCc1cc(F)cc2c1OCOC2)NC(C)Cc1c(C)nn(C)c1C. The van der Waals surface area contributed by atoms with Gasteiger partial charge in [0.1, 0.15) is 11.6 Å². The van der Waals surface area contributed by atoms with Crippen molar-refractivity contribution in [3.05, 3.63) is 46.0 Å². The highest BCUT2D eigenvalue weighted by Crippen LogP contribution is 2.29. The van der Waals surface area contributed by atoms with Crippen LogP contribution in [-0.2, 0) is 31.2 Å². The van der Waals surface area contributed by atoms with Gasteiger partial charge in [-0.1, -0.05) is 0 Å². The van der Waals surface area contributed by atoms with Crippen LogP contribution in [0.1, 0.15) is 41.9 Å². The lowest BCUT2D eigenvalue weighted by atomic mass is 10.1. The molecule has 1 aromatic heterocycles. The Hall–Kier alpha value is -2.61. The fraction of sp³-hybridized carbons (Fsp3) is 0.545. The zero-order chi connectivity index (χ0) is 21.7. The summed E-state index contributed by atoms with van der Waals surface area (Å²) in [6.07, 6.45) is 1.45. The second-order valence-corrected chi connectivity index (χ2v) is 7.70. The normalized spacial score (nSPS) is 14.8. The monoisotopic (exact) mass is 417 g/mol. The Kier molecular flexibility index (Phi) is 7.31. The second-order valence-electron chi connectivity index (χ2n) is 7.70. The first-order valence-electron chi connectivity index (χ1n) is 10.4. The minimum atomic E-state index is -0.275. The molecule has 2 heterocycles. The van der Waals surface area contributed by atoms with Crippen molar-refractivity contribution >= 4 is 5.96 Å². The van der Waals surface area contributed by atoms with Crippen LogP contribution in [-0.4, -0.2) is 41.7 Å². The third-order valence-electron chi connectivity index (χ3n) is 5.30. The fourth-order valence-electron chi connectivity index (χ4n) is 3.75. The van der Waals surface area contributed by atoms with E-state index in [1.54, 1.807) is 0 Å². The smallest absolute Gasteiger partial charge is 0.191 e. The summed E-state index contributed by atoms with van der Waals surface area (Å²) < 4.78 is 26.7. The predicted molar refractivity (Wildman–Crippen MR) is 115 cm³/mol. The van der Waals surface area contributed by atoms with E-state index in [-0.39, 0.29) is 18.7 Å². The maximum atomic E-state index is 13.9. The molecule has 0 spiro atoms. The summed E-state index contributed by atoms with van der Waals surface area (Å²) in [4.78, 5) is 4.68. The summed E-state index contributed by atoms with van der Waals surface area (Å²) in [5, 5.41) is 11.2. The van der Waals surface area contributed by atoms with Gasteiger partial charge in [0.15, 0.2) is 12.8 Å². The van der Waals surface area contributed by atoms with Gasteiger partial charge in [-0.25, -0.2) is 4.39 Å². The van der Waals surface area contributed by atoms with Crippen LogP contribution in [0.2, 0.25) is 0 Å². The molecule has 0 bridgehead atoms. The third-order valence-corrected chi connectivity index (χ3v) is 5.30. The molecule has 1 aliphatic rings. The van der Waals surface area contributed by atoms with Crippen LogP contribution in [0.25, 0.3) is 0 Å². The molecule has 0 fully saturated rings. The summed E-state index contributed by atoms with van der Waals surface area (Å²) in [5.74, 6) is 1.20. The van der Waals surface area contributed by atoms with Gasteiger partial charge in [0.05, 0.1) is 12.3 Å². The number of nitrogens with zero attached hydrogens (tertiary/aromatic N) is 3. The molecule has 30 heavy (non-hydrogen) atoms. The molecule has 0 radical (unpaired) electrons. The lowest BCUT2D eigenvalue weighted by molar-refractivity contribution is -0.0172. The number of benzene rings is 1. The van der Waals surface area contributed by atoms with E-state index in [9.17, 15) is 4.39 Å². The first kappa shape index (κ1) is 22.1. The molecule has 164 valence electrons. The standard InChI is InChI=1S/C22H32FN5O2/c1-6-24-22(26-14(2)9-20-15(3)27-28(5)16(20)4)25-8-7-17-10-19(23)11-18-12-29-13-30-21(17)18/h10-11,14H,6-9,12-13H2,1-5H3,(H2,24,25,26). The quantitative estimate of drug-likeness (QED) is 0.535. The van der Waals surface area contributed by atoms with Crippen molar-refractivity contribution in [3.8, 4) is 5.75 Å². The first-order valence-corrected chi connectivity index (χ1v) is 10.4. The maximum Gasteiger partial charge on any atom is 0.191 e. The van der Waals surface area contributed by atoms with Crippen LogP contribution in [0.3, 0.4) is 0 Å². The van der Waals surface area contributed by atoms with Crippen LogP contribution in [0, 0.1) is 19.7 Å². The van der Waals surface area contributed by atoms with Gasteiger partial charge in [-0.15, -0.1) is 0 Å². The molecule has 1 unspecified atom stereocenters. The fourth-order valence-corrected chi connectivity index (χ4v) is 3.75. The van der Waals surface area contributed by atoms with Gasteiger partial charge in [0, 0.05) is 37.4 Å². The van der Waals surface area contributed by atoms with Crippen LogP contribution < -0.4 is 15.4 Å². The molecule has 1 aromatic carbocycles. The van der Waals surface area contributed by atoms with E-state index >= 15 is 0 Å². The summed E-state index contributed by atoms with van der Waals surface area (Å²) >= 11 is 0. The van der Waals surface area contributed by atoms with Crippen molar-refractivity contribution < 1.29 is 13.9 Å². The Morgan fingerprint density at radius 1 is 1.37 bits per heavy atom. The number of aryl methyl sites for hydroxylation is 2. The summed E-state index contributed by atoms with van der Waals surface area (Å²) in [5.41, 5.74) is 5.08. The molecular formula is C22H32FN5O2. The van der Waals surface area contributed by atoms with Gasteiger partial charge < -0.3 is 20.1 Å². The Bertz CT molecular complexity index is 909. The minimum Gasteiger partial charge on any atom is -0.467 e. The molecule has 1 atom stereocenters. The van der Waals surface area contributed by atoms with Crippen LogP contribution in [0.4, 0.5) is 4.39 Å². The molecule has 3 rings (SSSR count). The lowest BCUT2D eigenvalue weighted by Gasteiger charge is -2.21. The molecule has 2 N–H and O–H groups in total. The topological polar surface area (TPSA) is 72.7 Å². The van der Waals surface area contributed by atoms with Gasteiger partial charge >= 0.3 is 0 Å². The molecule has 1 aliphatic heterocycles. The Balaban J connectivity index is 1.64. The Morgan fingerprint density at radius 3 is 2.87 bits per heavy atom. The van der Waals surface area contributed by atoms with Gasteiger partial charge in [0.2, 0.25) is 0 Å². The lowest BCUT2D eigenvalue weighted by Crippen LogP contribution is -2.43. The zero-order valence-electron chi connectivity index (χ0n) is 18.5. The van der Waals surface area contributed by atoms with Gasteiger partial charge in [-0.2, -0.15) is 5.10 Å². The van der Waals surface area contributed by atoms with Crippen molar-refractivity contribution in [2.75, 3.05) is 19.9 Å². The van der Waals surface area contributed by atoms with Crippen LogP contribution in [0.5, 0.6) is 5.75 Å². The zero-order valence-corrected chi connectivity index (χ0v) is 18.5. The highest BCUT2D eigenvalue weighted by atomic mass is 19.1. The van der Waals surface area contributed by atoms with Gasteiger partial charge in [-0.05, 0) is 63.8 Å². The minimum absolute atomic E-state index is 0.187. The van der Waals surface area contributed by atoms with Crippen molar-refractivity contribution in [3.63, 3.8) is 0 Å².